The average molecular weight is 456 g/mol. The first-order valence-electron chi connectivity index (χ1n) is 12.8. The van der Waals surface area contributed by atoms with Gasteiger partial charge in [-0.05, 0) is 37.3 Å². The van der Waals surface area contributed by atoms with Crippen LogP contribution in [0, 0.1) is 17.8 Å². The summed E-state index contributed by atoms with van der Waals surface area (Å²) in [5.74, 6) is 0.172. The number of morpholine rings is 1. The van der Waals surface area contributed by atoms with Crippen molar-refractivity contribution >= 4 is 17.5 Å². The molecule has 1 N–H and O–H groups in total. The van der Waals surface area contributed by atoms with Crippen LogP contribution in [-0.2, 0) is 25.5 Å². The number of anilines is 1. The number of para-hydroxylation sites is 1. The Labute approximate surface area is 196 Å². The maximum absolute atomic E-state index is 13.6. The Balaban J connectivity index is 1.25. The van der Waals surface area contributed by atoms with Crippen LogP contribution in [0.25, 0.3) is 0 Å². The van der Waals surface area contributed by atoms with Crippen molar-refractivity contribution in [2.75, 3.05) is 57.5 Å². The van der Waals surface area contributed by atoms with Gasteiger partial charge in [-0.2, -0.15) is 0 Å². The quantitative estimate of drug-likeness (QED) is 0.712. The average Bonchev–Trinajstić information content (AvgIpc) is 3.55. The van der Waals surface area contributed by atoms with Gasteiger partial charge in [-0.1, -0.05) is 31.0 Å². The Morgan fingerprint density at radius 1 is 0.970 bits per heavy atom. The Kier molecular flexibility index (Phi) is 7.28. The van der Waals surface area contributed by atoms with Crippen LogP contribution < -0.4 is 10.2 Å². The minimum absolute atomic E-state index is 0.0534. The van der Waals surface area contributed by atoms with Gasteiger partial charge in [-0.15, -0.1) is 0 Å². The highest BCUT2D eigenvalue weighted by molar-refractivity contribution is 5.99. The number of fused-ring (bicyclic) bond motifs is 1. The van der Waals surface area contributed by atoms with Crippen LogP contribution in [0.2, 0.25) is 0 Å². The Bertz CT molecular complexity index is 835. The number of amides is 2. The second-order valence-electron chi connectivity index (χ2n) is 9.95. The largest absolute Gasteiger partial charge is 0.381 e. The number of ether oxygens (including phenoxy) is 2. The molecule has 7 heteroatoms. The van der Waals surface area contributed by atoms with Crippen LogP contribution in [0.15, 0.2) is 24.3 Å². The van der Waals surface area contributed by atoms with Crippen LogP contribution >= 0.6 is 0 Å². The molecule has 33 heavy (non-hydrogen) atoms. The molecule has 1 aromatic carbocycles. The monoisotopic (exact) mass is 455 g/mol. The molecule has 4 aliphatic rings. The highest BCUT2D eigenvalue weighted by Crippen LogP contribution is 2.36. The highest BCUT2D eigenvalue weighted by Gasteiger charge is 2.40. The van der Waals surface area contributed by atoms with Crippen molar-refractivity contribution in [3.63, 3.8) is 0 Å². The third-order valence-electron chi connectivity index (χ3n) is 8.08. The number of benzene rings is 1. The lowest BCUT2D eigenvalue weighted by Gasteiger charge is -2.38. The molecule has 4 unspecified atom stereocenters. The maximum atomic E-state index is 13.6. The molecule has 1 saturated carbocycles. The van der Waals surface area contributed by atoms with Crippen LogP contribution in [-0.4, -0.2) is 75.4 Å². The van der Waals surface area contributed by atoms with Crippen molar-refractivity contribution in [1.29, 1.82) is 0 Å². The predicted octanol–water partition coefficient (Wildman–Crippen LogP) is 2.24. The zero-order valence-corrected chi connectivity index (χ0v) is 19.5. The summed E-state index contributed by atoms with van der Waals surface area (Å²) in [5, 5.41) is 3.27. The molecule has 5 rings (SSSR count). The van der Waals surface area contributed by atoms with E-state index < -0.39 is 0 Å². The molecule has 3 heterocycles. The number of carbonyl (C=O) groups excluding carboxylic acids is 2. The lowest BCUT2D eigenvalue weighted by Crippen LogP contribution is -2.53. The van der Waals surface area contributed by atoms with Crippen LogP contribution in [0.1, 0.15) is 37.7 Å². The lowest BCUT2D eigenvalue weighted by molar-refractivity contribution is -0.135. The Morgan fingerprint density at radius 2 is 1.76 bits per heavy atom. The number of rotatable bonds is 6. The van der Waals surface area contributed by atoms with Gasteiger partial charge in [-0.25, -0.2) is 0 Å². The molecule has 2 saturated heterocycles. The first-order chi connectivity index (χ1) is 16.2. The smallest absolute Gasteiger partial charge is 0.230 e. The zero-order chi connectivity index (χ0) is 22.6. The van der Waals surface area contributed by atoms with E-state index in [0.29, 0.717) is 12.5 Å². The normalized spacial score (nSPS) is 29.0. The van der Waals surface area contributed by atoms with Crippen molar-refractivity contribution in [3.8, 4) is 0 Å². The van der Waals surface area contributed by atoms with Crippen LogP contribution in [0.3, 0.4) is 0 Å². The molecule has 2 amide bonds. The van der Waals surface area contributed by atoms with E-state index in [1.54, 1.807) is 0 Å². The molecular formula is C26H37N3O4. The molecule has 4 atom stereocenters. The van der Waals surface area contributed by atoms with E-state index in [1.807, 2.05) is 23.1 Å². The van der Waals surface area contributed by atoms with Gasteiger partial charge in [-0.3, -0.25) is 14.5 Å². The summed E-state index contributed by atoms with van der Waals surface area (Å²) in [6.45, 7) is 6.20. The summed E-state index contributed by atoms with van der Waals surface area (Å²) in [6, 6.07) is 8.43. The van der Waals surface area contributed by atoms with Crippen molar-refractivity contribution in [1.82, 2.24) is 10.2 Å². The van der Waals surface area contributed by atoms with E-state index >= 15 is 0 Å². The third kappa shape index (κ3) is 4.96. The van der Waals surface area contributed by atoms with Gasteiger partial charge >= 0.3 is 0 Å². The fourth-order valence-electron chi connectivity index (χ4n) is 6.20. The number of hydrogen-bond donors (Lipinski definition) is 1. The van der Waals surface area contributed by atoms with E-state index in [1.165, 1.54) is 5.56 Å². The van der Waals surface area contributed by atoms with E-state index in [-0.39, 0.29) is 29.7 Å². The summed E-state index contributed by atoms with van der Waals surface area (Å²) in [7, 11) is 0. The standard InChI is InChI=1S/C26H37N3O4/c30-25(27-17-24(20-10-14-33-18-20)28-12-15-32-16-13-28)21-6-2-3-7-22(21)26(31)29-11-9-19-5-1-4-8-23(19)29/h1,4-5,8,20-22,24H,2-3,6-7,9-18H2,(H,27,30). The van der Waals surface area contributed by atoms with Crippen LogP contribution in [0.5, 0.6) is 0 Å². The molecule has 0 bridgehead atoms. The molecule has 0 aromatic heterocycles. The number of hydrogen-bond acceptors (Lipinski definition) is 5. The van der Waals surface area contributed by atoms with Gasteiger partial charge in [0.1, 0.15) is 0 Å². The van der Waals surface area contributed by atoms with E-state index in [4.69, 9.17) is 9.47 Å². The van der Waals surface area contributed by atoms with Gasteiger partial charge < -0.3 is 19.7 Å². The first kappa shape index (κ1) is 22.8. The third-order valence-corrected chi connectivity index (χ3v) is 8.08. The maximum Gasteiger partial charge on any atom is 0.230 e. The summed E-state index contributed by atoms with van der Waals surface area (Å²) in [4.78, 5) is 31.4. The summed E-state index contributed by atoms with van der Waals surface area (Å²) in [5.41, 5.74) is 2.26. The Morgan fingerprint density at radius 3 is 2.55 bits per heavy atom. The zero-order valence-electron chi connectivity index (χ0n) is 19.5. The van der Waals surface area contributed by atoms with Gasteiger partial charge in [0.2, 0.25) is 11.8 Å². The summed E-state index contributed by atoms with van der Waals surface area (Å²) >= 11 is 0. The minimum atomic E-state index is -0.232. The number of carbonyl (C=O) groups is 2. The number of nitrogens with one attached hydrogen (secondary N) is 1. The predicted molar refractivity (Wildman–Crippen MR) is 126 cm³/mol. The van der Waals surface area contributed by atoms with Crippen molar-refractivity contribution in [3.05, 3.63) is 29.8 Å². The summed E-state index contributed by atoms with van der Waals surface area (Å²) < 4.78 is 11.2. The van der Waals surface area contributed by atoms with Crippen LogP contribution in [0.4, 0.5) is 5.69 Å². The second kappa shape index (κ2) is 10.5. The van der Waals surface area contributed by atoms with Gasteiger partial charge in [0.15, 0.2) is 0 Å². The lowest BCUT2D eigenvalue weighted by atomic mass is 9.77. The molecule has 0 spiro atoms. The molecule has 0 radical (unpaired) electrons. The van der Waals surface area contributed by atoms with Crippen molar-refractivity contribution < 1.29 is 19.1 Å². The number of nitrogens with zero attached hydrogens (tertiary/aromatic N) is 2. The van der Waals surface area contributed by atoms with Crippen molar-refractivity contribution in [2.24, 2.45) is 17.8 Å². The SMILES string of the molecule is O=C(NCC(C1CCOC1)N1CCOCC1)C1CCCCC1C(=O)N1CCc2ccccc21. The topological polar surface area (TPSA) is 71.1 Å². The van der Waals surface area contributed by atoms with E-state index in [0.717, 1.165) is 90.3 Å². The molecule has 3 fully saturated rings. The molecular weight excluding hydrogens is 418 g/mol. The fraction of sp³-hybridized carbons (Fsp3) is 0.692. The minimum Gasteiger partial charge on any atom is -0.381 e. The first-order valence-corrected chi connectivity index (χ1v) is 12.8. The Hall–Kier alpha value is -1.96. The molecule has 1 aliphatic carbocycles. The van der Waals surface area contributed by atoms with Gasteiger partial charge in [0.25, 0.3) is 0 Å². The highest BCUT2D eigenvalue weighted by atomic mass is 16.5. The molecule has 180 valence electrons. The van der Waals surface area contributed by atoms with E-state index in [2.05, 4.69) is 16.3 Å². The molecule has 3 aliphatic heterocycles. The molecule has 7 nitrogen and oxygen atoms in total. The van der Waals surface area contributed by atoms with E-state index in [9.17, 15) is 9.59 Å². The van der Waals surface area contributed by atoms with Crippen molar-refractivity contribution in [2.45, 2.75) is 44.6 Å². The van der Waals surface area contributed by atoms with Gasteiger partial charge in [0.05, 0.1) is 25.7 Å². The van der Waals surface area contributed by atoms with Gasteiger partial charge in [0, 0.05) is 56.4 Å². The second-order valence-corrected chi connectivity index (χ2v) is 9.95. The summed E-state index contributed by atoms with van der Waals surface area (Å²) in [6.07, 6.45) is 5.58. The fourth-order valence-corrected chi connectivity index (χ4v) is 6.20. The molecule has 1 aromatic rings.